The summed E-state index contributed by atoms with van der Waals surface area (Å²) in [6, 6.07) is 101. The Bertz CT molecular complexity index is 3980. The van der Waals surface area contributed by atoms with E-state index in [1.807, 2.05) is 127 Å². The fourth-order valence-electron chi connectivity index (χ4n) is 12.6. The molecular formula is C81H72N4O7. The quantitative estimate of drug-likeness (QED) is 0.0575. The number of para-hydroxylation sites is 15. The third-order valence-corrected chi connectivity index (χ3v) is 16.9. The zero-order valence-corrected chi connectivity index (χ0v) is 52.9. The molecule has 0 aromatic heterocycles. The summed E-state index contributed by atoms with van der Waals surface area (Å²) in [5.41, 5.74) is 14.7. The predicted octanol–water partition coefficient (Wildman–Crippen LogP) is 20.3. The topological polar surface area (TPSA) is 77.6 Å². The molecule has 0 aliphatic heterocycles. The second kappa shape index (κ2) is 27.4. The largest absolute Gasteiger partial charge is 0.495 e. The minimum Gasteiger partial charge on any atom is -0.495 e. The maximum Gasteiger partial charge on any atom is 0.142 e. The first-order valence-corrected chi connectivity index (χ1v) is 30.4. The fraction of sp³-hybridized carbons (Fsp3) is 0.111. The second-order valence-corrected chi connectivity index (χ2v) is 21.8. The van der Waals surface area contributed by atoms with Crippen LogP contribution >= 0.6 is 0 Å². The average Bonchev–Trinajstić information content (AvgIpc) is 0.730. The molecule has 0 atom stereocenters. The molecule has 12 aromatic rings. The first-order valence-electron chi connectivity index (χ1n) is 30.4. The Hall–Kier alpha value is -11.6. The van der Waals surface area contributed by atoms with Gasteiger partial charge in [0.2, 0.25) is 0 Å². The van der Waals surface area contributed by atoms with Crippen molar-refractivity contribution in [3.8, 4) is 40.2 Å². The molecule has 0 bridgehead atoms. The minimum absolute atomic E-state index is 0.704. The van der Waals surface area contributed by atoms with Crippen molar-refractivity contribution < 1.29 is 33.2 Å². The van der Waals surface area contributed by atoms with Crippen molar-refractivity contribution in [3.05, 3.63) is 319 Å². The van der Waals surface area contributed by atoms with Crippen molar-refractivity contribution in [1.29, 1.82) is 0 Å². The second-order valence-electron chi connectivity index (χ2n) is 21.8. The molecule has 0 aliphatic rings. The van der Waals surface area contributed by atoms with Crippen molar-refractivity contribution in [2.45, 2.75) is 12.3 Å². The molecule has 458 valence electrons. The Morgan fingerprint density at radius 1 is 0.196 bits per heavy atom. The number of ether oxygens (including phenoxy) is 7. The van der Waals surface area contributed by atoms with Crippen LogP contribution in [0.3, 0.4) is 0 Å². The van der Waals surface area contributed by atoms with E-state index in [2.05, 4.69) is 190 Å². The predicted molar refractivity (Wildman–Crippen MR) is 374 cm³/mol. The van der Waals surface area contributed by atoms with Gasteiger partial charge in [0.05, 0.1) is 95.0 Å². The molecule has 92 heavy (non-hydrogen) atoms. The normalized spacial score (nSPS) is 11.0. The Morgan fingerprint density at radius 2 is 0.359 bits per heavy atom. The van der Waals surface area contributed by atoms with Crippen molar-refractivity contribution in [3.63, 3.8) is 0 Å². The van der Waals surface area contributed by atoms with Crippen LogP contribution in [0.5, 0.6) is 40.2 Å². The molecule has 0 saturated heterocycles. The van der Waals surface area contributed by atoms with E-state index in [-0.39, 0.29) is 0 Å². The molecule has 11 nitrogen and oxygen atoms in total. The lowest BCUT2D eigenvalue weighted by Crippen LogP contribution is -2.31. The smallest absolute Gasteiger partial charge is 0.142 e. The number of hydrogen-bond acceptors (Lipinski definition) is 11. The standard InChI is InChI=1S/C81H72N4O7/c1-57-25-9-10-26-66(57)82(67-27-11-18-34-74(67)86-2)62-49-41-58(42-50-62)81(59-43-51-63(52-44-59)83(68-28-12-19-35-75(68)87-3)69-29-13-20-36-76(69)88-4,60-45-53-64(54-46-60)84(70-30-14-21-37-77(70)89-5)71-31-15-22-38-78(71)90-6)61-47-55-65(56-48-61)85(72-32-16-23-39-79(72)91-7)73-33-17-24-40-80(73)92-8/h9-56H,1-8H3. The summed E-state index contributed by atoms with van der Waals surface area (Å²) in [6.07, 6.45) is 0. The third-order valence-electron chi connectivity index (χ3n) is 16.9. The number of rotatable bonds is 23. The Balaban J connectivity index is 1.14. The SMILES string of the molecule is COc1ccccc1N(c1ccc(C(c2ccc(N(c3ccccc3OC)c3ccccc3OC)cc2)(c2ccc(N(c3ccccc3OC)c3ccccc3OC)cc2)c2ccc(N(c3ccccc3OC)c3ccccc3OC)cc2)cc1)c1ccccc1C. The van der Waals surface area contributed by atoms with E-state index in [1.165, 1.54) is 0 Å². The van der Waals surface area contributed by atoms with Crippen LogP contribution < -0.4 is 52.8 Å². The molecule has 0 radical (unpaired) electrons. The highest BCUT2D eigenvalue weighted by Crippen LogP contribution is 2.53. The molecule has 0 heterocycles. The molecule has 12 aromatic carbocycles. The third kappa shape index (κ3) is 11.5. The van der Waals surface area contributed by atoms with Gasteiger partial charge < -0.3 is 52.8 Å². The lowest BCUT2D eigenvalue weighted by Gasteiger charge is -2.38. The Kier molecular flexibility index (Phi) is 18.1. The summed E-state index contributed by atoms with van der Waals surface area (Å²) >= 11 is 0. The van der Waals surface area contributed by atoms with Crippen LogP contribution in [0, 0.1) is 6.92 Å². The Labute approximate surface area is 539 Å². The summed E-state index contributed by atoms with van der Waals surface area (Å²) in [4.78, 5) is 8.84. The van der Waals surface area contributed by atoms with Crippen molar-refractivity contribution in [2.24, 2.45) is 0 Å². The van der Waals surface area contributed by atoms with Gasteiger partial charge in [-0.15, -0.1) is 0 Å². The van der Waals surface area contributed by atoms with Gasteiger partial charge in [0, 0.05) is 28.4 Å². The van der Waals surface area contributed by atoms with Gasteiger partial charge in [-0.3, -0.25) is 0 Å². The summed E-state index contributed by atoms with van der Waals surface area (Å²) < 4.78 is 42.6. The van der Waals surface area contributed by atoms with Crippen molar-refractivity contribution in [1.82, 2.24) is 0 Å². The van der Waals surface area contributed by atoms with E-state index in [4.69, 9.17) is 33.2 Å². The highest BCUT2D eigenvalue weighted by atomic mass is 16.5. The molecular weight excluding hydrogens is 1140 g/mol. The monoisotopic (exact) mass is 1210 g/mol. The van der Waals surface area contributed by atoms with Gasteiger partial charge in [0.1, 0.15) is 40.2 Å². The summed E-state index contributed by atoms with van der Waals surface area (Å²) in [5, 5.41) is 0. The highest BCUT2D eigenvalue weighted by Gasteiger charge is 2.40. The zero-order valence-electron chi connectivity index (χ0n) is 52.9. The summed E-state index contributed by atoms with van der Waals surface area (Å²) in [5.74, 6) is 4.97. The molecule has 0 amide bonds. The van der Waals surface area contributed by atoms with Crippen LogP contribution in [-0.4, -0.2) is 49.8 Å². The molecule has 0 unspecified atom stereocenters. The summed E-state index contributed by atoms with van der Waals surface area (Å²) in [6.45, 7) is 2.14. The molecule has 0 spiro atoms. The van der Waals surface area contributed by atoms with E-state index in [9.17, 15) is 0 Å². The van der Waals surface area contributed by atoms with Gasteiger partial charge in [-0.05, 0) is 174 Å². The van der Waals surface area contributed by atoms with Gasteiger partial charge in [0.15, 0.2) is 0 Å². The van der Waals surface area contributed by atoms with Crippen LogP contribution in [-0.2, 0) is 5.41 Å². The number of anilines is 12. The Morgan fingerprint density at radius 3 is 0.543 bits per heavy atom. The number of aryl methyl sites for hydroxylation is 1. The highest BCUT2D eigenvalue weighted by molar-refractivity contribution is 5.88. The van der Waals surface area contributed by atoms with Gasteiger partial charge >= 0.3 is 0 Å². The van der Waals surface area contributed by atoms with Gasteiger partial charge in [0.25, 0.3) is 0 Å². The first kappa shape index (κ1) is 60.7. The molecule has 11 heteroatoms. The van der Waals surface area contributed by atoms with Gasteiger partial charge in [-0.1, -0.05) is 152 Å². The number of methoxy groups -OCH3 is 7. The van der Waals surface area contributed by atoms with E-state index in [0.29, 0.717) is 34.5 Å². The first-order chi connectivity index (χ1) is 45.3. The van der Waals surface area contributed by atoms with Crippen LogP contribution in [0.15, 0.2) is 291 Å². The van der Waals surface area contributed by atoms with Gasteiger partial charge in [-0.2, -0.15) is 0 Å². The zero-order chi connectivity index (χ0) is 63.6. The average molecular weight is 1210 g/mol. The summed E-state index contributed by atoms with van der Waals surface area (Å²) in [7, 11) is 11.9. The van der Waals surface area contributed by atoms with Crippen molar-refractivity contribution in [2.75, 3.05) is 69.4 Å². The molecule has 12 rings (SSSR count). The van der Waals surface area contributed by atoms with Crippen molar-refractivity contribution >= 4 is 68.2 Å². The van der Waals surface area contributed by atoms with E-state index >= 15 is 0 Å². The lowest BCUT2D eigenvalue weighted by atomic mass is 9.65. The van der Waals surface area contributed by atoms with E-state index in [0.717, 1.165) is 102 Å². The molecule has 0 saturated carbocycles. The van der Waals surface area contributed by atoms with Crippen LogP contribution in [0.2, 0.25) is 0 Å². The van der Waals surface area contributed by atoms with Gasteiger partial charge in [-0.25, -0.2) is 0 Å². The maximum absolute atomic E-state index is 6.09. The van der Waals surface area contributed by atoms with Crippen LogP contribution in [0.25, 0.3) is 0 Å². The number of hydrogen-bond donors (Lipinski definition) is 0. The fourth-order valence-corrected chi connectivity index (χ4v) is 12.6. The molecule has 0 fully saturated rings. The van der Waals surface area contributed by atoms with E-state index < -0.39 is 5.41 Å². The lowest BCUT2D eigenvalue weighted by molar-refractivity contribution is 0.412. The minimum atomic E-state index is -1.04. The number of nitrogens with zero attached hydrogens (tertiary/aromatic N) is 4. The maximum atomic E-state index is 6.09. The van der Waals surface area contributed by atoms with Crippen LogP contribution in [0.1, 0.15) is 27.8 Å². The number of benzene rings is 12. The van der Waals surface area contributed by atoms with E-state index in [1.54, 1.807) is 49.8 Å². The molecule has 0 aliphatic carbocycles. The molecule has 0 N–H and O–H groups in total. The van der Waals surface area contributed by atoms with Crippen LogP contribution in [0.4, 0.5) is 68.2 Å².